The predicted octanol–water partition coefficient (Wildman–Crippen LogP) is 2.03. The number of rotatable bonds is 2. The Balaban J connectivity index is 1.98. The number of aryl methyl sites for hydroxylation is 2. The van der Waals surface area contributed by atoms with E-state index in [4.69, 9.17) is 0 Å². The number of amides is 1. The third kappa shape index (κ3) is 2.61. The van der Waals surface area contributed by atoms with Crippen molar-refractivity contribution in [3.8, 4) is 0 Å². The minimum atomic E-state index is -0.0515. The second kappa shape index (κ2) is 5.40. The van der Waals surface area contributed by atoms with Crippen LogP contribution >= 0.6 is 11.3 Å². The fraction of sp³-hybridized carbons (Fsp3) is 0.429. The van der Waals surface area contributed by atoms with Gasteiger partial charge in [0.15, 0.2) is 10.8 Å². The van der Waals surface area contributed by atoms with Crippen molar-refractivity contribution >= 4 is 28.9 Å². The quantitative estimate of drug-likeness (QED) is 0.849. The Labute approximate surface area is 127 Å². The minimum absolute atomic E-state index is 0.0515. The van der Waals surface area contributed by atoms with Gasteiger partial charge >= 0.3 is 0 Å². The minimum Gasteiger partial charge on any atom is -0.343 e. The largest absolute Gasteiger partial charge is 0.343 e. The Morgan fingerprint density at radius 1 is 1.33 bits per heavy atom. The zero-order chi connectivity index (χ0) is 15.0. The lowest BCUT2D eigenvalue weighted by Crippen LogP contribution is -2.25. The molecule has 0 saturated carbocycles. The molecule has 0 fully saturated rings. The molecule has 1 aliphatic rings. The van der Waals surface area contributed by atoms with Crippen molar-refractivity contribution in [1.82, 2.24) is 20.1 Å². The molecule has 0 saturated heterocycles. The monoisotopic (exact) mass is 303 g/mol. The molecule has 2 aromatic rings. The normalized spacial score (nSPS) is 14.0. The van der Waals surface area contributed by atoms with Crippen LogP contribution in [0.15, 0.2) is 12.1 Å². The highest BCUT2D eigenvalue weighted by atomic mass is 32.1. The number of fused-ring (bicyclic) bond motifs is 1. The number of hydrogen-bond acceptors (Lipinski definition) is 6. The first kappa shape index (κ1) is 13.9. The van der Waals surface area contributed by atoms with Crippen LogP contribution in [0.1, 0.15) is 26.8 Å². The molecule has 0 N–H and O–H groups in total. The first-order valence-electron chi connectivity index (χ1n) is 6.85. The number of thiazole rings is 1. The molecular formula is C14H17N5OS. The van der Waals surface area contributed by atoms with Crippen LogP contribution in [-0.4, -0.2) is 46.6 Å². The van der Waals surface area contributed by atoms with Crippen LogP contribution in [0, 0.1) is 6.92 Å². The predicted molar refractivity (Wildman–Crippen MR) is 82.2 cm³/mol. The van der Waals surface area contributed by atoms with Crippen LogP contribution in [0.3, 0.4) is 0 Å². The highest BCUT2D eigenvalue weighted by Gasteiger charge is 2.26. The Kier molecular flexibility index (Phi) is 3.59. The zero-order valence-corrected chi connectivity index (χ0v) is 13.1. The van der Waals surface area contributed by atoms with Gasteiger partial charge in [0.1, 0.15) is 5.82 Å². The lowest BCUT2D eigenvalue weighted by atomic mass is 10.2. The van der Waals surface area contributed by atoms with Crippen molar-refractivity contribution in [2.24, 2.45) is 0 Å². The lowest BCUT2D eigenvalue weighted by Gasteiger charge is -2.25. The molecule has 0 spiro atoms. The van der Waals surface area contributed by atoms with Gasteiger partial charge in [-0.1, -0.05) is 0 Å². The van der Waals surface area contributed by atoms with Crippen LogP contribution in [0.5, 0.6) is 0 Å². The van der Waals surface area contributed by atoms with Crippen LogP contribution < -0.4 is 4.90 Å². The summed E-state index contributed by atoms with van der Waals surface area (Å²) in [4.78, 5) is 21.4. The molecule has 3 heterocycles. The van der Waals surface area contributed by atoms with Gasteiger partial charge in [0.05, 0.1) is 5.69 Å². The summed E-state index contributed by atoms with van der Waals surface area (Å²) in [5.74, 6) is 1.59. The Morgan fingerprint density at radius 2 is 2.14 bits per heavy atom. The summed E-state index contributed by atoms with van der Waals surface area (Å²) in [7, 11) is 3.48. The van der Waals surface area contributed by atoms with Crippen LogP contribution in [0.2, 0.25) is 0 Å². The van der Waals surface area contributed by atoms with E-state index in [9.17, 15) is 4.79 Å². The van der Waals surface area contributed by atoms with E-state index in [1.54, 1.807) is 19.0 Å². The number of carbonyl (C=O) groups excluding carboxylic acids is 1. The molecule has 0 aliphatic carbocycles. The molecule has 6 nitrogen and oxygen atoms in total. The van der Waals surface area contributed by atoms with Crippen LogP contribution in [-0.2, 0) is 6.42 Å². The van der Waals surface area contributed by atoms with Crippen molar-refractivity contribution in [2.75, 3.05) is 25.5 Å². The molecular weight excluding hydrogens is 286 g/mol. The standard InChI is InChI=1S/C14H17N5OS/c1-9-6-7-11(17-16-9)19-8-4-5-10-12(19)15-13(21-10)14(20)18(2)3/h6-7H,4-5,8H2,1-3H3. The van der Waals surface area contributed by atoms with Gasteiger partial charge in [-0.15, -0.1) is 16.4 Å². The van der Waals surface area contributed by atoms with E-state index in [0.29, 0.717) is 5.01 Å². The number of hydrogen-bond donors (Lipinski definition) is 0. The van der Waals surface area contributed by atoms with E-state index in [0.717, 1.165) is 41.6 Å². The second-order valence-corrected chi connectivity index (χ2v) is 6.34. The first-order chi connectivity index (χ1) is 10.1. The first-order valence-corrected chi connectivity index (χ1v) is 7.67. The molecule has 0 radical (unpaired) electrons. The van der Waals surface area contributed by atoms with Gasteiger partial charge in [0, 0.05) is 25.5 Å². The summed E-state index contributed by atoms with van der Waals surface area (Å²) in [6.45, 7) is 2.76. The summed E-state index contributed by atoms with van der Waals surface area (Å²) < 4.78 is 0. The van der Waals surface area contributed by atoms with Gasteiger partial charge in [0.25, 0.3) is 5.91 Å². The summed E-state index contributed by atoms with van der Waals surface area (Å²) in [5.41, 5.74) is 0.887. The fourth-order valence-electron chi connectivity index (χ4n) is 2.26. The molecule has 2 aromatic heterocycles. The third-order valence-electron chi connectivity index (χ3n) is 3.37. The van der Waals surface area contributed by atoms with Gasteiger partial charge in [0.2, 0.25) is 0 Å². The fourth-order valence-corrected chi connectivity index (χ4v) is 3.39. The SMILES string of the molecule is Cc1ccc(N2CCCc3sc(C(=O)N(C)C)nc32)nn1. The Hall–Kier alpha value is -2.02. The average molecular weight is 303 g/mol. The van der Waals surface area contributed by atoms with Crippen molar-refractivity contribution in [3.05, 3.63) is 27.7 Å². The van der Waals surface area contributed by atoms with Crippen molar-refractivity contribution in [2.45, 2.75) is 19.8 Å². The van der Waals surface area contributed by atoms with E-state index < -0.39 is 0 Å². The van der Waals surface area contributed by atoms with Crippen LogP contribution in [0.4, 0.5) is 11.6 Å². The Bertz CT molecular complexity index is 665. The molecule has 3 rings (SSSR count). The van der Waals surface area contributed by atoms with Crippen molar-refractivity contribution in [1.29, 1.82) is 0 Å². The maximum Gasteiger partial charge on any atom is 0.282 e. The third-order valence-corrected chi connectivity index (χ3v) is 4.46. The van der Waals surface area contributed by atoms with Gasteiger partial charge < -0.3 is 9.80 Å². The number of nitrogens with zero attached hydrogens (tertiary/aromatic N) is 5. The van der Waals surface area contributed by atoms with Crippen molar-refractivity contribution < 1.29 is 4.79 Å². The number of anilines is 2. The molecule has 7 heteroatoms. The maximum absolute atomic E-state index is 12.1. The molecule has 1 amide bonds. The number of aromatic nitrogens is 3. The zero-order valence-electron chi connectivity index (χ0n) is 12.3. The molecule has 110 valence electrons. The summed E-state index contributed by atoms with van der Waals surface area (Å²) in [6, 6.07) is 3.89. The molecule has 0 bridgehead atoms. The molecule has 1 aliphatic heterocycles. The van der Waals surface area contributed by atoms with E-state index in [1.807, 2.05) is 24.0 Å². The molecule has 21 heavy (non-hydrogen) atoms. The van der Waals surface area contributed by atoms with E-state index >= 15 is 0 Å². The summed E-state index contributed by atoms with van der Waals surface area (Å²) in [5, 5.41) is 8.88. The van der Waals surface area contributed by atoms with Crippen LogP contribution in [0.25, 0.3) is 0 Å². The van der Waals surface area contributed by atoms with Gasteiger partial charge in [-0.05, 0) is 31.9 Å². The molecule has 0 aromatic carbocycles. The Morgan fingerprint density at radius 3 is 2.81 bits per heavy atom. The van der Waals surface area contributed by atoms with Gasteiger partial charge in [-0.2, -0.15) is 5.10 Å². The van der Waals surface area contributed by atoms with E-state index in [-0.39, 0.29) is 5.91 Å². The van der Waals surface area contributed by atoms with E-state index in [2.05, 4.69) is 15.2 Å². The van der Waals surface area contributed by atoms with Crippen molar-refractivity contribution in [3.63, 3.8) is 0 Å². The molecule has 0 unspecified atom stereocenters. The van der Waals surface area contributed by atoms with Gasteiger partial charge in [-0.3, -0.25) is 4.79 Å². The maximum atomic E-state index is 12.1. The summed E-state index contributed by atoms with van der Waals surface area (Å²) >= 11 is 1.48. The highest BCUT2D eigenvalue weighted by molar-refractivity contribution is 7.14. The van der Waals surface area contributed by atoms with E-state index in [1.165, 1.54) is 11.3 Å². The number of carbonyl (C=O) groups is 1. The second-order valence-electron chi connectivity index (χ2n) is 5.25. The molecule has 0 atom stereocenters. The smallest absolute Gasteiger partial charge is 0.282 e. The lowest BCUT2D eigenvalue weighted by molar-refractivity contribution is 0.0827. The highest BCUT2D eigenvalue weighted by Crippen LogP contribution is 2.35. The van der Waals surface area contributed by atoms with Gasteiger partial charge in [-0.25, -0.2) is 4.98 Å². The topological polar surface area (TPSA) is 62.2 Å². The average Bonchev–Trinajstić information content (AvgIpc) is 2.91. The summed E-state index contributed by atoms with van der Waals surface area (Å²) in [6.07, 6.45) is 1.99.